The highest BCUT2D eigenvalue weighted by molar-refractivity contribution is 6.31. The molecule has 0 unspecified atom stereocenters. The van der Waals surface area contributed by atoms with Crippen LogP contribution in [0.4, 0.5) is 0 Å². The number of fused-ring (bicyclic) bond motifs is 1. The Balaban J connectivity index is 1.44. The molecular weight excluding hydrogens is 330 g/mol. The minimum absolute atomic E-state index is 0.826. The third-order valence-electron chi connectivity index (χ3n) is 4.43. The van der Waals surface area contributed by atoms with Crippen LogP contribution >= 0.6 is 11.6 Å². The fourth-order valence-corrected chi connectivity index (χ4v) is 3.28. The summed E-state index contributed by atoms with van der Waals surface area (Å²) in [5, 5.41) is 2.00. The molecule has 0 aliphatic heterocycles. The van der Waals surface area contributed by atoms with Gasteiger partial charge in [0, 0.05) is 41.1 Å². The summed E-state index contributed by atoms with van der Waals surface area (Å²) in [7, 11) is 0. The van der Waals surface area contributed by atoms with E-state index in [1.807, 2.05) is 36.7 Å². The number of aryl methyl sites for hydroxylation is 2. The second kappa shape index (κ2) is 7.08. The van der Waals surface area contributed by atoms with E-state index in [1.165, 1.54) is 22.1 Å². The zero-order valence-corrected chi connectivity index (χ0v) is 14.5. The summed E-state index contributed by atoms with van der Waals surface area (Å²) in [6.45, 7) is 0. The summed E-state index contributed by atoms with van der Waals surface area (Å²) >= 11 is 6.21. The minimum atomic E-state index is 0.826. The normalized spacial score (nSPS) is 11.1. The Morgan fingerprint density at radius 2 is 1.80 bits per heavy atom. The molecule has 0 atom stereocenters. The maximum Gasteiger partial charge on any atom is 0.137 e. The molecule has 0 radical (unpaired) electrons. The maximum absolute atomic E-state index is 6.21. The summed E-state index contributed by atoms with van der Waals surface area (Å²) < 4.78 is 0. The molecule has 3 heterocycles. The van der Waals surface area contributed by atoms with Gasteiger partial charge in [-0.1, -0.05) is 35.9 Å². The average molecular weight is 348 g/mol. The van der Waals surface area contributed by atoms with Crippen LogP contribution in [-0.2, 0) is 19.3 Å². The van der Waals surface area contributed by atoms with Gasteiger partial charge in [-0.25, -0.2) is 4.98 Å². The van der Waals surface area contributed by atoms with Crippen molar-refractivity contribution in [2.75, 3.05) is 0 Å². The summed E-state index contributed by atoms with van der Waals surface area (Å²) in [5.74, 6) is 0. The Labute approximate surface area is 151 Å². The van der Waals surface area contributed by atoms with Crippen molar-refractivity contribution in [3.05, 3.63) is 94.5 Å². The highest BCUT2D eigenvalue weighted by Crippen LogP contribution is 2.20. The number of hydrogen-bond donors (Lipinski definition) is 1. The molecular formula is C21H18ClN3. The first kappa shape index (κ1) is 15.9. The molecule has 0 amide bonds. The summed E-state index contributed by atoms with van der Waals surface area (Å²) in [6, 6.07) is 16.3. The molecule has 25 heavy (non-hydrogen) atoms. The van der Waals surface area contributed by atoms with Crippen LogP contribution in [0.2, 0.25) is 5.02 Å². The van der Waals surface area contributed by atoms with Crippen LogP contribution in [0, 0.1) is 0 Å². The molecule has 0 saturated carbocycles. The fourth-order valence-electron chi connectivity index (χ4n) is 3.05. The smallest absolute Gasteiger partial charge is 0.137 e. The monoisotopic (exact) mass is 347 g/mol. The zero-order valence-electron chi connectivity index (χ0n) is 13.7. The van der Waals surface area contributed by atoms with Crippen LogP contribution in [0.3, 0.4) is 0 Å². The number of rotatable bonds is 5. The van der Waals surface area contributed by atoms with E-state index in [1.54, 1.807) is 6.20 Å². The largest absolute Gasteiger partial charge is 0.346 e. The van der Waals surface area contributed by atoms with Crippen LogP contribution in [0.15, 0.2) is 67.1 Å². The maximum atomic E-state index is 6.21. The lowest BCUT2D eigenvalue weighted by atomic mass is 10.0. The van der Waals surface area contributed by atoms with Crippen LogP contribution in [-0.4, -0.2) is 15.0 Å². The van der Waals surface area contributed by atoms with E-state index in [9.17, 15) is 0 Å². The van der Waals surface area contributed by atoms with E-state index in [2.05, 4.69) is 39.2 Å². The predicted octanol–water partition coefficient (Wildman–Crippen LogP) is 4.99. The van der Waals surface area contributed by atoms with Crippen molar-refractivity contribution < 1.29 is 0 Å². The Bertz CT molecular complexity index is 989. The summed E-state index contributed by atoms with van der Waals surface area (Å²) in [5.41, 5.74) is 5.63. The topological polar surface area (TPSA) is 41.6 Å². The molecule has 1 aromatic carbocycles. The molecule has 3 aromatic heterocycles. The van der Waals surface area contributed by atoms with E-state index < -0.39 is 0 Å². The number of H-pyrrole nitrogens is 1. The van der Waals surface area contributed by atoms with Crippen molar-refractivity contribution in [3.8, 4) is 0 Å². The highest BCUT2D eigenvalue weighted by atomic mass is 35.5. The van der Waals surface area contributed by atoms with E-state index >= 15 is 0 Å². The lowest BCUT2D eigenvalue weighted by molar-refractivity contribution is 0.908. The van der Waals surface area contributed by atoms with Gasteiger partial charge < -0.3 is 4.98 Å². The van der Waals surface area contributed by atoms with Gasteiger partial charge in [-0.3, -0.25) is 4.98 Å². The molecule has 0 aliphatic carbocycles. The van der Waals surface area contributed by atoms with Crippen LogP contribution < -0.4 is 0 Å². The number of aromatic nitrogens is 3. The van der Waals surface area contributed by atoms with Gasteiger partial charge >= 0.3 is 0 Å². The Hall–Kier alpha value is -2.65. The number of benzene rings is 1. The lowest BCUT2D eigenvalue weighted by Gasteiger charge is -2.05. The Morgan fingerprint density at radius 3 is 2.64 bits per heavy atom. The van der Waals surface area contributed by atoms with Crippen LogP contribution in [0.1, 0.15) is 22.4 Å². The van der Waals surface area contributed by atoms with Crippen molar-refractivity contribution in [3.63, 3.8) is 0 Å². The fraction of sp³-hybridized carbons (Fsp3) is 0.143. The van der Waals surface area contributed by atoms with Gasteiger partial charge in [-0.05, 0) is 53.8 Å². The molecule has 4 rings (SSSR count). The van der Waals surface area contributed by atoms with Crippen molar-refractivity contribution >= 4 is 22.6 Å². The molecule has 0 saturated heterocycles. The van der Waals surface area contributed by atoms with Crippen molar-refractivity contribution in [1.29, 1.82) is 0 Å². The van der Waals surface area contributed by atoms with Gasteiger partial charge in [-0.2, -0.15) is 0 Å². The first-order valence-corrected chi connectivity index (χ1v) is 8.75. The first-order chi connectivity index (χ1) is 12.3. The van der Waals surface area contributed by atoms with E-state index in [-0.39, 0.29) is 0 Å². The van der Waals surface area contributed by atoms with Gasteiger partial charge in [0.15, 0.2) is 0 Å². The van der Waals surface area contributed by atoms with Crippen molar-refractivity contribution in [2.24, 2.45) is 0 Å². The molecule has 0 fully saturated rings. The van der Waals surface area contributed by atoms with Gasteiger partial charge in [0.25, 0.3) is 0 Å². The van der Waals surface area contributed by atoms with Crippen molar-refractivity contribution in [1.82, 2.24) is 15.0 Å². The number of aromatic amines is 1. The third-order valence-corrected chi connectivity index (χ3v) is 4.79. The van der Waals surface area contributed by atoms with Gasteiger partial charge in [0.2, 0.25) is 0 Å². The Morgan fingerprint density at radius 1 is 0.880 bits per heavy atom. The second-order valence-electron chi connectivity index (χ2n) is 6.14. The molecule has 1 N–H and O–H groups in total. The van der Waals surface area contributed by atoms with Gasteiger partial charge in [0.05, 0.1) is 0 Å². The molecule has 0 bridgehead atoms. The van der Waals surface area contributed by atoms with E-state index in [4.69, 9.17) is 11.6 Å². The van der Waals surface area contributed by atoms with Gasteiger partial charge in [-0.15, -0.1) is 0 Å². The summed E-state index contributed by atoms with van der Waals surface area (Å²) in [6.07, 6.45) is 8.45. The van der Waals surface area contributed by atoms with E-state index in [0.717, 1.165) is 35.6 Å². The Kier molecular flexibility index (Phi) is 4.49. The number of halogens is 1. The van der Waals surface area contributed by atoms with E-state index in [0.29, 0.717) is 0 Å². The minimum Gasteiger partial charge on any atom is -0.346 e. The SMILES string of the molecule is Clc1ccccc1CCc1ccc(Cc2c[nH]c3ncccc23)cn1. The molecule has 124 valence electrons. The number of nitrogens with one attached hydrogen (secondary N) is 1. The lowest BCUT2D eigenvalue weighted by Crippen LogP contribution is -1.96. The van der Waals surface area contributed by atoms with Crippen molar-refractivity contribution in [2.45, 2.75) is 19.3 Å². The molecule has 0 spiro atoms. The van der Waals surface area contributed by atoms with Crippen LogP contribution in [0.5, 0.6) is 0 Å². The standard InChI is InChI=1S/C21H18ClN3/c22-20-6-2-1-4-16(20)8-10-18-9-7-15(13-24-18)12-17-14-25-21-19(17)5-3-11-23-21/h1-7,9,11,13-14H,8,10,12H2,(H,23,25). The molecule has 0 aliphatic rings. The highest BCUT2D eigenvalue weighted by Gasteiger charge is 2.06. The molecule has 3 nitrogen and oxygen atoms in total. The average Bonchev–Trinajstić information content (AvgIpc) is 3.05. The van der Waals surface area contributed by atoms with Gasteiger partial charge in [0.1, 0.15) is 5.65 Å². The quantitative estimate of drug-likeness (QED) is 0.552. The number of nitrogens with zero attached hydrogens (tertiary/aromatic N) is 2. The zero-order chi connectivity index (χ0) is 17.1. The first-order valence-electron chi connectivity index (χ1n) is 8.38. The summed E-state index contributed by atoms with van der Waals surface area (Å²) in [4.78, 5) is 12.2. The molecule has 4 heteroatoms. The van der Waals surface area contributed by atoms with Crippen LogP contribution in [0.25, 0.3) is 11.0 Å². The second-order valence-corrected chi connectivity index (χ2v) is 6.55. The molecule has 4 aromatic rings. The number of hydrogen-bond acceptors (Lipinski definition) is 2. The predicted molar refractivity (Wildman–Crippen MR) is 102 cm³/mol. The third kappa shape index (κ3) is 3.57. The number of pyridine rings is 2.